The Morgan fingerprint density at radius 1 is 1.33 bits per heavy atom. The molecule has 2 N–H and O–H groups in total. The summed E-state index contributed by atoms with van der Waals surface area (Å²) in [5.74, 6) is -0.288. The molecular formula is C13H19N3O4S. The summed E-state index contributed by atoms with van der Waals surface area (Å²) in [7, 11) is -3.51. The zero-order chi connectivity index (χ0) is 15.3. The topological polar surface area (TPSA) is 93.7 Å². The summed E-state index contributed by atoms with van der Waals surface area (Å²) in [5, 5.41) is 9.65. The van der Waals surface area contributed by atoms with E-state index in [1.54, 1.807) is 6.92 Å². The monoisotopic (exact) mass is 313 g/mol. The molecule has 1 aromatic heterocycles. The second-order valence-electron chi connectivity index (χ2n) is 6.02. The lowest BCUT2D eigenvalue weighted by molar-refractivity contribution is -0.0670. The Morgan fingerprint density at radius 2 is 1.95 bits per heavy atom. The molecule has 0 spiro atoms. The fourth-order valence-electron chi connectivity index (χ4n) is 2.81. The number of aromatic amines is 1. The van der Waals surface area contributed by atoms with Crippen molar-refractivity contribution in [2.24, 2.45) is 0 Å². The average Bonchev–Trinajstić information content (AvgIpc) is 3.05. The summed E-state index contributed by atoms with van der Waals surface area (Å²) in [6.45, 7) is 3.25. The maximum absolute atomic E-state index is 12.4. The number of carbonyl (C=O) groups excluding carboxylic acids is 1. The molecule has 3 heterocycles. The van der Waals surface area contributed by atoms with Crippen LogP contribution in [0.15, 0.2) is 17.2 Å². The Hall–Kier alpha value is -1.38. The molecule has 8 heteroatoms. The first-order chi connectivity index (χ1) is 9.79. The zero-order valence-corrected chi connectivity index (χ0v) is 12.7. The van der Waals surface area contributed by atoms with Gasteiger partial charge in [0.15, 0.2) is 0 Å². The van der Waals surface area contributed by atoms with Crippen molar-refractivity contribution >= 4 is 15.9 Å². The number of nitrogens with one attached hydrogen (secondary N) is 1. The van der Waals surface area contributed by atoms with Gasteiger partial charge >= 0.3 is 0 Å². The molecule has 1 aromatic rings. The fourth-order valence-corrected chi connectivity index (χ4v) is 4.33. The van der Waals surface area contributed by atoms with Gasteiger partial charge in [-0.2, -0.15) is 4.31 Å². The number of sulfonamides is 1. The first kappa shape index (κ1) is 14.6. The van der Waals surface area contributed by atoms with Crippen molar-refractivity contribution in [2.45, 2.75) is 30.3 Å². The summed E-state index contributed by atoms with van der Waals surface area (Å²) >= 11 is 0. The maximum atomic E-state index is 12.4. The van der Waals surface area contributed by atoms with Crippen LogP contribution in [0.3, 0.4) is 0 Å². The molecule has 3 rings (SSSR count). The molecule has 7 nitrogen and oxygen atoms in total. The molecular weight excluding hydrogens is 294 g/mol. The maximum Gasteiger partial charge on any atom is 0.270 e. The Morgan fingerprint density at radius 3 is 2.52 bits per heavy atom. The predicted octanol–water partition coefficient (Wildman–Crippen LogP) is 0.00600. The highest BCUT2D eigenvalue weighted by Crippen LogP contribution is 2.24. The van der Waals surface area contributed by atoms with Crippen LogP contribution in [-0.2, 0) is 10.0 Å². The van der Waals surface area contributed by atoms with Gasteiger partial charge in [0.1, 0.15) is 10.6 Å². The second-order valence-corrected chi connectivity index (χ2v) is 7.96. The quantitative estimate of drug-likeness (QED) is 0.822. The predicted molar refractivity (Wildman–Crippen MR) is 75.3 cm³/mol. The molecule has 2 saturated heterocycles. The molecule has 2 aliphatic rings. The van der Waals surface area contributed by atoms with E-state index in [1.165, 1.54) is 21.5 Å². The minimum absolute atomic E-state index is 0.125. The molecule has 0 bridgehead atoms. The lowest BCUT2D eigenvalue weighted by Crippen LogP contribution is -2.61. The number of rotatable bonds is 3. The third-order valence-electron chi connectivity index (χ3n) is 3.94. The van der Waals surface area contributed by atoms with Crippen LogP contribution in [0.1, 0.15) is 30.3 Å². The number of carbonyl (C=O) groups is 1. The molecule has 21 heavy (non-hydrogen) atoms. The first-order valence-corrected chi connectivity index (χ1v) is 8.44. The number of aliphatic hydroxyl groups is 1. The van der Waals surface area contributed by atoms with E-state index in [0.29, 0.717) is 13.1 Å². The number of H-pyrrole nitrogens is 1. The van der Waals surface area contributed by atoms with Crippen LogP contribution in [0, 0.1) is 0 Å². The molecule has 0 unspecified atom stereocenters. The lowest BCUT2D eigenvalue weighted by atomic mass is 9.97. The van der Waals surface area contributed by atoms with E-state index < -0.39 is 15.6 Å². The van der Waals surface area contributed by atoms with Gasteiger partial charge in [-0.15, -0.1) is 0 Å². The normalized spacial score (nSPS) is 22.3. The summed E-state index contributed by atoms with van der Waals surface area (Å²) in [6.07, 6.45) is 3.11. The van der Waals surface area contributed by atoms with Gasteiger partial charge in [0, 0.05) is 19.3 Å². The average molecular weight is 313 g/mol. The van der Waals surface area contributed by atoms with Gasteiger partial charge in [-0.05, 0) is 25.8 Å². The SMILES string of the molecule is CC1(O)CN(C(=O)c2cc(S(=O)(=O)N3CCCC3)c[nH]2)C1. The molecule has 1 amide bonds. The van der Waals surface area contributed by atoms with Crippen LogP contribution < -0.4 is 0 Å². The molecule has 0 atom stereocenters. The van der Waals surface area contributed by atoms with E-state index in [9.17, 15) is 18.3 Å². The third-order valence-corrected chi connectivity index (χ3v) is 5.82. The van der Waals surface area contributed by atoms with E-state index in [1.807, 2.05) is 0 Å². The lowest BCUT2D eigenvalue weighted by Gasteiger charge is -2.43. The molecule has 0 aliphatic carbocycles. The Labute approximate surface area is 123 Å². The highest BCUT2D eigenvalue weighted by molar-refractivity contribution is 7.89. The van der Waals surface area contributed by atoms with Crippen LogP contribution in [0.25, 0.3) is 0 Å². The van der Waals surface area contributed by atoms with Crippen LogP contribution >= 0.6 is 0 Å². The highest BCUT2D eigenvalue weighted by atomic mass is 32.2. The van der Waals surface area contributed by atoms with Crippen LogP contribution in [0.4, 0.5) is 0 Å². The summed E-state index contributed by atoms with van der Waals surface area (Å²) in [4.78, 5) is 16.5. The van der Waals surface area contributed by atoms with Crippen molar-refractivity contribution in [3.8, 4) is 0 Å². The molecule has 0 saturated carbocycles. The van der Waals surface area contributed by atoms with Crippen molar-refractivity contribution in [3.05, 3.63) is 18.0 Å². The minimum atomic E-state index is -3.51. The van der Waals surface area contributed by atoms with Gasteiger partial charge in [0.2, 0.25) is 10.0 Å². The molecule has 0 aromatic carbocycles. The van der Waals surface area contributed by atoms with Crippen molar-refractivity contribution in [3.63, 3.8) is 0 Å². The highest BCUT2D eigenvalue weighted by Gasteiger charge is 2.40. The largest absolute Gasteiger partial charge is 0.386 e. The first-order valence-electron chi connectivity index (χ1n) is 7.00. The van der Waals surface area contributed by atoms with E-state index in [0.717, 1.165) is 12.8 Å². The molecule has 116 valence electrons. The second kappa shape index (κ2) is 4.82. The fraction of sp³-hybridized carbons (Fsp3) is 0.615. The van der Waals surface area contributed by atoms with Crippen molar-refractivity contribution in [1.29, 1.82) is 0 Å². The molecule has 2 aliphatic heterocycles. The van der Waals surface area contributed by atoms with Crippen molar-refractivity contribution in [1.82, 2.24) is 14.2 Å². The number of amides is 1. The van der Waals surface area contributed by atoms with Gasteiger partial charge in [-0.3, -0.25) is 4.79 Å². The number of hydrogen-bond acceptors (Lipinski definition) is 4. The molecule has 0 radical (unpaired) electrons. The zero-order valence-electron chi connectivity index (χ0n) is 11.9. The van der Waals surface area contributed by atoms with E-state index >= 15 is 0 Å². The molecule has 2 fully saturated rings. The Bertz CT molecular complexity index is 651. The van der Waals surface area contributed by atoms with Gasteiger partial charge in [-0.25, -0.2) is 8.42 Å². The van der Waals surface area contributed by atoms with E-state index in [4.69, 9.17) is 0 Å². The smallest absolute Gasteiger partial charge is 0.270 e. The van der Waals surface area contributed by atoms with Crippen LogP contribution in [-0.4, -0.2) is 65.4 Å². The number of hydrogen-bond donors (Lipinski definition) is 2. The summed E-state index contributed by atoms with van der Waals surface area (Å²) in [6, 6.07) is 1.38. The van der Waals surface area contributed by atoms with Gasteiger partial charge in [-0.1, -0.05) is 0 Å². The number of likely N-dealkylation sites (tertiary alicyclic amines) is 1. The Balaban J connectivity index is 1.76. The van der Waals surface area contributed by atoms with Gasteiger partial charge in [0.25, 0.3) is 5.91 Å². The van der Waals surface area contributed by atoms with Crippen molar-refractivity contribution in [2.75, 3.05) is 26.2 Å². The van der Waals surface area contributed by atoms with E-state index in [-0.39, 0.29) is 29.6 Å². The number of aromatic nitrogens is 1. The van der Waals surface area contributed by atoms with E-state index in [2.05, 4.69) is 4.98 Å². The number of β-amino-alcohol motifs (C(OH)–C–C–N with tert-alkyl or cyclic N) is 1. The number of nitrogens with zero attached hydrogens (tertiary/aromatic N) is 2. The standard InChI is InChI=1S/C13H19N3O4S/c1-13(18)8-15(9-13)12(17)11-6-10(7-14-11)21(19,20)16-4-2-3-5-16/h6-7,14,18H,2-5,8-9H2,1H3. The minimum Gasteiger partial charge on any atom is -0.386 e. The third kappa shape index (κ3) is 2.58. The van der Waals surface area contributed by atoms with Gasteiger partial charge < -0.3 is 15.0 Å². The Kier molecular flexibility index (Phi) is 3.34. The summed E-state index contributed by atoms with van der Waals surface area (Å²) in [5.41, 5.74) is -0.601. The summed E-state index contributed by atoms with van der Waals surface area (Å²) < 4.78 is 26.2. The van der Waals surface area contributed by atoms with Crippen LogP contribution in [0.2, 0.25) is 0 Å². The van der Waals surface area contributed by atoms with Gasteiger partial charge in [0.05, 0.1) is 18.7 Å². The van der Waals surface area contributed by atoms with Crippen molar-refractivity contribution < 1.29 is 18.3 Å². The van der Waals surface area contributed by atoms with Crippen LogP contribution in [0.5, 0.6) is 0 Å².